The first-order valence-corrected chi connectivity index (χ1v) is 8.78. The molecular weight excluding hydrogens is 357 g/mol. The first-order chi connectivity index (χ1) is 13.7. The van der Waals surface area contributed by atoms with E-state index in [4.69, 9.17) is 4.74 Å². The van der Waals surface area contributed by atoms with Crippen molar-refractivity contribution in [3.05, 3.63) is 90.0 Å². The fourth-order valence-electron chi connectivity index (χ4n) is 3.16. The highest BCUT2D eigenvalue weighted by Crippen LogP contribution is 2.28. The minimum Gasteiger partial charge on any atom is -0.497 e. The number of carbonyl (C=O) groups excluding carboxylic acids is 1. The number of aromatic amines is 1. The number of nitrogens with zero attached hydrogens (tertiary/aromatic N) is 1. The lowest BCUT2D eigenvalue weighted by molar-refractivity contribution is 0.0971. The molecule has 0 aliphatic carbocycles. The summed E-state index contributed by atoms with van der Waals surface area (Å²) in [4.78, 5) is 20.4. The van der Waals surface area contributed by atoms with Gasteiger partial charge in [-0.1, -0.05) is 36.4 Å². The fourth-order valence-corrected chi connectivity index (χ4v) is 3.16. The molecule has 1 atom stereocenters. The number of ketones is 1. The van der Waals surface area contributed by atoms with Crippen molar-refractivity contribution >= 4 is 22.5 Å². The molecule has 0 saturated heterocycles. The Morgan fingerprint density at radius 1 is 1.14 bits per heavy atom. The number of ether oxygens (including phenoxy) is 1. The molecule has 6 heteroatoms. The number of halogens is 1. The van der Waals surface area contributed by atoms with Crippen LogP contribution in [0.25, 0.3) is 11.0 Å². The number of methoxy groups -OCH3 is 1. The normalized spacial score (nSPS) is 11.9. The quantitative estimate of drug-likeness (QED) is 0.478. The molecule has 0 saturated carbocycles. The number of aromatic nitrogens is 2. The number of Topliss-reactive ketones (excluding diaryl/α,β-unsaturated/α-hetero) is 1. The molecule has 140 valence electrons. The molecule has 0 bridgehead atoms. The lowest BCUT2D eigenvalue weighted by Crippen LogP contribution is -2.21. The number of rotatable bonds is 6. The Kier molecular flexibility index (Phi) is 4.76. The van der Waals surface area contributed by atoms with Gasteiger partial charge >= 0.3 is 0 Å². The monoisotopic (exact) mass is 375 g/mol. The Hall–Kier alpha value is -3.67. The van der Waals surface area contributed by atoms with Gasteiger partial charge in [0, 0.05) is 28.9 Å². The van der Waals surface area contributed by atoms with Gasteiger partial charge in [-0.15, -0.1) is 0 Å². The zero-order valence-corrected chi connectivity index (χ0v) is 15.1. The first kappa shape index (κ1) is 17.7. The summed E-state index contributed by atoms with van der Waals surface area (Å²) in [5.74, 6) is 0.00784. The molecule has 0 spiro atoms. The molecule has 4 aromatic rings. The summed E-state index contributed by atoms with van der Waals surface area (Å²) in [6.07, 6.45) is 2.69. The highest BCUT2D eigenvalue weighted by molar-refractivity contribution is 6.10. The van der Waals surface area contributed by atoms with Gasteiger partial charge in [0.25, 0.3) is 0 Å². The Morgan fingerprint density at radius 2 is 1.96 bits per heavy atom. The minimum absolute atomic E-state index is 0.187. The third-order valence-corrected chi connectivity index (χ3v) is 4.54. The van der Waals surface area contributed by atoms with Gasteiger partial charge < -0.3 is 15.0 Å². The van der Waals surface area contributed by atoms with E-state index in [2.05, 4.69) is 15.3 Å². The topological polar surface area (TPSA) is 67.0 Å². The maximum absolute atomic E-state index is 13.7. The third kappa shape index (κ3) is 3.44. The second-order valence-electron chi connectivity index (χ2n) is 6.34. The molecule has 0 fully saturated rings. The second-order valence-corrected chi connectivity index (χ2v) is 6.34. The number of hydrogen-bond acceptors (Lipinski definition) is 4. The molecule has 5 nitrogen and oxygen atoms in total. The Morgan fingerprint density at radius 3 is 2.75 bits per heavy atom. The summed E-state index contributed by atoms with van der Waals surface area (Å²) in [6, 6.07) is 17.4. The van der Waals surface area contributed by atoms with Gasteiger partial charge in [-0.2, -0.15) is 0 Å². The van der Waals surface area contributed by atoms with E-state index in [0.29, 0.717) is 22.3 Å². The maximum Gasteiger partial charge on any atom is 0.191 e. The van der Waals surface area contributed by atoms with Crippen LogP contribution in [0.5, 0.6) is 5.75 Å². The van der Waals surface area contributed by atoms with Gasteiger partial charge in [-0.25, -0.2) is 9.37 Å². The van der Waals surface area contributed by atoms with E-state index in [1.54, 1.807) is 13.3 Å². The predicted molar refractivity (Wildman–Crippen MR) is 106 cm³/mol. The van der Waals surface area contributed by atoms with Gasteiger partial charge in [0.1, 0.15) is 23.3 Å². The van der Waals surface area contributed by atoms with Gasteiger partial charge in [0.05, 0.1) is 13.3 Å². The number of fused-ring (bicyclic) bond motifs is 1. The largest absolute Gasteiger partial charge is 0.497 e. The Labute approximate surface area is 161 Å². The number of nitrogens with one attached hydrogen (secondary N) is 2. The number of anilines is 1. The van der Waals surface area contributed by atoms with Crippen molar-refractivity contribution in [1.29, 1.82) is 0 Å². The summed E-state index contributed by atoms with van der Waals surface area (Å²) >= 11 is 0. The maximum atomic E-state index is 13.7. The van der Waals surface area contributed by atoms with E-state index in [1.807, 2.05) is 54.6 Å². The first-order valence-electron chi connectivity index (χ1n) is 8.78. The van der Waals surface area contributed by atoms with E-state index < -0.39 is 11.9 Å². The van der Waals surface area contributed by atoms with Crippen molar-refractivity contribution in [3.8, 4) is 5.75 Å². The molecule has 28 heavy (non-hydrogen) atoms. The van der Waals surface area contributed by atoms with Crippen LogP contribution in [0.1, 0.15) is 22.0 Å². The average molecular weight is 375 g/mol. The summed E-state index contributed by atoms with van der Waals surface area (Å²) < 4.78 is 19.0. The van der Waals surface area contributed by atoms with Crippen molar-refractivity contribution in [2.45, 2.75) is 6.04 Å². The molecule has 0 aliphatic heterocycles. The van der Waals surface area contributed by atoms with Gasteiger partial charge in [-0.05, 0) is 23.8 Å². The summed E-state index contributed by atoms with van der Waals surface area (Å²) in [5.41, 5.74) is 2.39. The van der Waals surface area contributed by atoms with Crippen LogP contribution in [-0.4, -0.2) is 22.9 Å². The second kappa shape index (κ2) is 7.52. The van der Waals surface area contributed by atoms with Crippen LogP contribution in [0.2, 0.25) is 0 Å². The molecular formula is C22H18FN3O2. The molecule has 2 aromatic carbocycles. The van der Waals surface area contributed by atoms with Crippen LogP contribution >= 0.6 is 0 Å². The molecule has 2 heterocycles. The van der Waals surface area contributed by atoms with E-state index in [-0.39, 0.29) is 5.78 Å². The molecule has 1 unspecified atom stereocenters. The van der Waals surface area contributed by atoms with E-state index >= 15 is 0 Å². The number of benzene rings is 2. The highest BCUT2D eigenvalue weighted by Gasteiger charge is 2.25. The molecule has 0 radical (unpaired) electrons. The molecule has 0 amide bonds. The lowest BCUT2D eigenvalue weighted by Gasteiger charge is -2.19. The lowest BCUT2D eigenvalue weighted by atomic mass is 9.97. The van der Waals surface area contributed by atoms with Crippen LogP contribution < -0.4 is 10.1 Å². The van der Waals surface area contributed by atoms with Gasteiger partial charge in [0.2, 0.25) is 0 Å². The van der Waals surface area contributed by atoms with Crippen molar-refractivity contribution in [1.82, 2.24) is 9.97 Å². The van der Waals surface area contributed by atoms with Crippen LogP contribution in [0, 0.1) is 5.82 Å². The SMILES string of the molecule is COc1cccc(NC(C(=O)c2c[nH]c3ncc(F)cc23)c2ccccc2)c1. The number of hydrogen-bond donors (Lipinski definition) is 2. The van der Waals surface area contributed by atoms with E-state index in [1.165, 1.54) is 6.07 Å². The van der Waals surface area contributed by atoms with Crippen LogP contribution in [0.15, 0.2) is 73.1 Å². The summed E-state index contributed by atoms with van der Waals surface area (Å²) in [5, 5.41) is 3.74. The Bertz CT molecular complexity index is 1130. The van der Waals surface area contributed by atoms with E-state index in [0.717, 1.165) is 17.4 Å². The smallest absolute Gasteiger partial charge is 0.191 e. The number of H-pyrrole nitrogens is 1. The van der Waals surface area contributed by atoms with Crippen molar-refractivity contribution < 1.29 is 13.9 Å². The van der Waals surface area contributed by atoms with Gasteiger partial charge in [-0.3, -0.25) is 4.79 Å². The zero-order valence-electron chi connectivity index (χ0n) is 15.1. The zero-order chi connectivity index (χ0) is 19.5. The summed E-state index contributed by atoms with van der Waals surface area (Å²) in [6.45, 7) is 0. The number of carbonyl (C=O) groups is 1. The average Bonchev–Trinajstić information content (AvgIpc) is 3.15. The van der Waals surface area contributed by atoms with E-state index in [9.17, 15) is 9.18 Å². The van der Waals surface area contributed by atoms with Crippen LogP contribution in [0.3, 0.4) is 0 Å². The van der Waals surface area contributed by atoms with Crippen molar-refractivity contribution in [2.24, 2.45) is 0 Å². The third-order valence-electron chi connectivity index (χ3n) is 4.54. The number of pyridine rings is 1. The molecule has 2 aromatic heterocycles. The molecule has 0 aliphatic rings. The highest BCUT2D eigenvalue weighted by atomic mass is 19.1. The summed E-state index contributed by atoms with van der Waals surface area (Å²) in [7, 11) is 1.59. The predicted octanol–water partition coefficient (Wildman–Crippen LogP) is 4.75. The van der Waals surface area contributed by atoms with Crippen molar-refractivity contribution in [3.63, 3.8) is 0 Å². The standard InChI is InChI=1S/C22H18FN3O2/c1-28-17-9-5-8-16(11-17)26-20(14-6-3-2-4-7-14)21(27)19-13-25-22-18(19)10-15(23)12-24-22/h2-13,20,26H,1H3,(H,24,25). The van der Waals surface area contributed by atoms with Gasteiger partial charge in [0.15, 0.2) is 5.78 Å². The minimum atomic E-state index is -0.657. The van der Waals surface area contributed by atoms with Crippen LogP contribution in [0.4, 0.5) is 10.1 Å². The fraction of sp³-hybridized carbons (Fsp3) is 0.0909. The Balaban J connectivity index is 1.76. The van der Waals surface area contributed by atoms with Crippen molar-refractivity contribution in [2.75, 3.05) is 12.4 Å². The molecule has 4 rings (SSSR count). The molecule has 2 N–H and O–H groups in total. The van der Waals surface area contributed by atoms with Crippen LogP contribution in [-0.2, 0) is 0 Å².